The summed E-state index contributed by atoms with van der Waals surface area (Å²) < 4.78 is 5.55. The Balaban J connectivity index is 1.78. The van der Waals surface area contributed by atoms with E-state index < -0.39 is 0 Å². The van der Waals surface area contributed by atoms with E-state index in [9.17, 15) is 9.59 Å². The predicted molar refractivity (Wildman–Crippen MR) is 84.3 cm³/mol. The fraction of sp³-hybridized carbons (Fsp3) is 0.250. The molecule has 7 nitrogen and oxygen atoms in total. The first kappa shape index (κ1) is 15.0. The molecule has 0 bridgehead atoms. The van der Waals surface area contributed by atoms with E-state index in [0.717, 1.165) is 0 Å². The lowest BCUT2D eigenvalue weighted by atomic mass is 10.2. The Morgan fingerprint density at radius 3 is 3.00 bits per heavy atom. The molecule has 7 heteroatoms. The molecular weight excluding hydrogens is 296 g/mol. The van der Waals surface area contributed by atoms with Gasteiger partial charge in [0.1, 0.15) is 23.9 Å². The normalized spacial score (nSPS) is 13.8. The van der Waals surface area contributed by atoms with Crippen molar-refractivity contribution < 1.29 is 14.3 Å². The molecule has 1 N–H and O–H groups in total. The number of benzene rings is 1. The van der Waals surface area contributed by atoms with Gasteiger partial charge in [-0.25, -0.2) is 9.97 Å². The smallest absolute Gasteiger partial charge is 0.245 e. The lowest BCUT2D eigenvalue weighted by Crippen LogP contribution is -2.37. The second kappa shape index (κ2) is 6.43. The molecule has 1 aliphatic heterocycles. The Morgan fingerprint density at radius 1 is 1.35 bits per heavy atom. The van der Waals surface area contributed by atoms with Gasteiger partial charge in [0, 0.05) is 6.20 Å². The molecule has 23 heavy (non-hydrogen) atoms. The van der Waals surface area contributed by atoms with E-state index in [-0.39, 0.29) is 24.8 Å². The van der Waals surface area contributed by atoms with Crippen molar-refractivity contribution in [1.82, 2.24) is 9.97 Å². The van der Waals surface area contributed by atoms with Gasteiger partial charge in [0.2, 0.25) is 11.8 Å². The third kappa shape index (κ3) is 3.45. The number of fused-ring (bicyclic) bond motifs is 1. The minimum Gasteiger partial charge on any atom is -0.491 e. The van der Waals surface area contributed by atoms with Crippen molar-refractivity contribution in [2.45, 2.75) is 13.3 Å². The maximum atomic E-state index is 12.3. The molecule has 2 aromatic rings. The molecule has 118 valence electrons. The van der Waals surface area contributed by atoms with Crippen molar-refractivity contribution >= 4 is 23.3 Å². The van der Waals surface area contributed by atoms with Crippen LogP contribution in [0.25, 0.3) is 0 Å². The lowest BCUT2D eigenvalue weighted by molar-refractivity contribution is -0.121. The standard InChI is InChI=1S/C16H16N4O3/c1-11-17-8-6-14(18-11)19-15(21)10-20-12-4-2-3-5-13(12)23-9-7-16(20)22/h2-6,8H,7,9-10H2,1H3,(H,17,18,19,21). The first-order valence-corrected chi connectivity index (χ1v) is 7.25. The summed E-state index contributed by atoms with van der Waals surface area (Å²) in [5.41, 5.74) is 0.601. The first-order chi connectivity index (χ1) is 11.1. The molecule has 0 spiro atoms. The summed E-state index contributed by atoms with van der Waals surface area (Å²) in [5.74, 6) is 1.10. The number of hydrogen-bond donors (Lipinski definition) is 1. The topological polar surface area (TPSA) is 84.4 Å². The van der Waals surface area contributed by atoms with Crippen LogP contribution in [0.3, 0.4) is 0 Å². The highest BCUT2D eigenvalue weighted by atomic mass is 16.5. The number of hydrogen-bond acceptors (Lipinski definition) is 5. The highest BCUT2D eigenvalue weighted by Gasteiger charge is 2.25. The summed E-state index contributed by atoms with van der Waals surface area (Å²) in [6, 6.07) is 8.79. The van der Waals surface area contributed by atoms with Crippen LogP contribution in [-0.4, -0.2) is 34.9 Å². The van der Waals surface area contributed by atoms with E-state index in [1.807, 2.05) is 6.07 Å². The largest absolute Gasteiger partial charge is 0.491 e. The van der Waals surface area contributed by atoms with Gasteiger partial charge >= 0.3 is 0 Å². The molecule has 2 amide bonds. The van der Waals surface area contributed by atoms with Gasteiger partial charge in [-0.3, -0.25) is 14.5 Å². The average molecular weight is 312 g/mol. The zero-order chi connectivity index (χ0) is 16.2. The second-order valence-corrected chi connectivity index (χ2v) is 5.08. The maximum absolute atomic E-state index is 12.3. The van der Waals surface area contributed by atoms with Crippen molar-refractivity contribution in [1.29, 1.82) is 0 Å². The summed E-state index contributed by atoms with van der Waals surface area (Å²) in [4.78, 5) is 34.0. The Hall–Kier alpha value is -2.96. The Kier molecular flexibility index (Phi) is 4.18. The van der Waals surface area contributed by atoms with Crippen LogP contribution in [0.5, 0.6) is 5.75 Å². The summed E-state index contributed by atoms with van der Waals surface area (Å²) >= 11 is 0. The fourth-order valence-electron chi connectivity index (χ4n) is 2.34. The minimum absolute atomic E-state index is 0.0950. The highest BCUT2D eigenvalue weighted by molar-refractivity contribution is 6.03. The maximum Gasteiger partial charge on any atom is 0.245 e. The van der Waals surface area contributed by atoms with Crippen LogP contribution < -0.4 is 15.0 Å². The van der Waals surface area contributed by atoms with Crippen LogP contribution in [0.2, 0.25) is 0 Å². The molecule has 3 rings (SSSR count). The number of aryl methyl sites for hydroxylation is 1. The highest BCUT2D eigenvalue weighted by Crippen LogP contribution is 2.30. The summed E-state index contributed by atoms with van der Waals surface area (Å²) in [7, 11) is 0. The molecule has 0 atom stereocenters. The molecule has 0 radical (unpaired) electrons. The number of carbonyl (C=O) groups excluding carboxylic acids is 2. The van der Waals surface area contributed by atoms with Crippen LogP contribution in [-0.2, 0) is 9.59 Å². The number of aromatic nitrogens is 2. The predicted octanol–water partition coefficient (Wildman–Crippen LogP) is 1.54. The number of anilines is 2. The molecule has 2 heterocycles. The molecule has 1 aliphatic rings. The number of nitrogens with zero attached hydrogens (tertiary/aromatic N) is 3. The quantitative estimate of drug-likeness (QED) is 0.929. The van der Waals surface area contributed by atoms with Gasteiger partial charge in [-0.15, -0.1) is 0 Å². The fourth-order valence-corrected chi connectivity index (χ4v) is 2.34. The van der Waals surface area contributed by atoms with E-state index in [1.165, 1.54) is 4.90 Å². The van der Waals surface area contributed by atoms with Crippen molar-refractivity contribution in [3.8, 4) is 5.75 Å². The molecule has 0 saturated heterocycles. The molecule has 0 fully saturated rings. The lowest BCUT2D eigenvalue weighted by Gasteiger charge is -2.21. The zero-order valence-corrected chi connectivity index (χ0v) is 12.7. The number of carbonyl (C=O) groups is 2. The van der Waals surface area contributed by atoms with Crippen LogP contribution in [0.4, 0.5) is 11.5 Å². The third-order valence-corrected chi connectivity index (χ3v) is 3.38. The number of amides is 2. The molecule has 0 saturated carbocycles. The Morgan fingerprint density at radius 2 is 2.17 bits per heavy atom. The van der Waals surface area contributed by atoms with Gasteiger partial charge in [-0.05, 0) is 25.1 Å². The van der Waals surface area contributed by atoms with Crippen LogP contribution in [0.1, 0.15) is 12.2 Å². The summed E-state index contributed by atoms with van der Waals surface area (Å²) in [6.45, 7) is 1.95. The SMILES string of the molecule is Cc1nccc(NC(=O)CN2C(=O)CCOc3ccccc32)n1. The monoisotopic (exact) mass is 312 g/mol. The number of rotatable bonds is 3. The molecule has 1 aromatic carbocycles. The van der Waals surface area contributed by atoms with Crippen molar-refractivity contribution in [3.05, 3.63) is 42.4 Å². The van der Waals surface area contributed by atoms with E-state index in [2.05, 4.69) is 15.3 Å². The number of para-hydroxylation sites is 2. The van der Waals surface area contributed by atoms with Gasteiger partial charge in [0.15, 0.2) is 0 Å². The van der Waals surface area contributed by atoms with E-state index >= 15 is 0 Å². The van der Waals surface area contributed by atoms with Crippen molar-refractivity contribution in [2.24, 2.45) is 0 Å². The average Bonchev–Trinajstić information content (AvgIpc) is 2.67. The number of nitrogens with one attached hydrogen (secondary N) is 1. The molecule has 0 unspecified atom stereocenters. The Bertz CT molecular complexity index is 748. The zero-order valence-electron chi connectivity index (χ0n) is 12.7. The van der Waals surface area contributed by atoms with Gasteiger partial charge < -0.3 is 10.1 Å². The van der Waals surface area contributed by atoms with Crippen molar-refractivity contribution in [3.63, 3.8) is 0 Å². The summed E-state index contributed by atoms with van der Waals surface area (Å²) in [5, 5.41) is 2.68. The van der Waals surface area contributed by atoms with Crippen LogP contribution >= 0.6 is 0 Å². The second-order valence-electron chi connectivity index (χ2n) is 5.08. The van der Waals surface area contributed by atoms with Gasteiger partial charge in [-0.1, -0.05) is 12.1 Å². The van der Waals surface area contributed by atoms with Gasteiger partial charge in [0.05, 0.1) is 18.7 Å². The van der Waals surface area contributed by atoms with Gasteiger partial charge in [0.25, 0.3) is 0 Å². The third-order valence-electron chi connectivity index (χ3n) is 3.38. The van der Waals surface area contributed by atoms with E-state index in [1.54, 1.807) is 37.4 Å². The van der Waals surface area contributed by atoms with Gasteiger partial charge in [-0.2, -0.15) is 0 Å². The van der Waals surface area contributed by atoms with E-state index in [4.69, 9.17) is 4.74 Å². The minimum atomic E-state index is -0.326. The van der Waals surface area contributed by atoms with Crippen molar-refractivity contribution in [2.75, 3.05) is 23.4 Å². The number of ether oxygens (including phenoxy) is 1. The molecular formula is C16H16N4O3. The summed E-state index contributed by atoms with van der Waals surface area (Å²) in [6.07, 6.45) is 1.80. The van der Waals surface area contributed by atoms with Crippen LogP contribution in [0, 0.1) is 6.92 Å². The molecule has 0 aliphatic carbocycles. The molecule has 1 aromatic heterocycles. The van der Waals surface area contributed by atoms with Crippen LogP contribution in [0.15, 0.2) is 36.5 Å². The first-order valence-electron chi connectivity index (χ1n) is 7.25. The van der Waals surface area contributed by atoms with E-state index in [0.29, 0.717) is 29.7 Å². The Labute approximate surface area is 133 Å².